The van der Waals surface area contributed by atoms with Crippen molar-refractivity contribution >= 4 is 11.9 Å². The van der Waals surface area contributed by atoms with Crippen molar-refractivity contribution in [2.45, 2.75) is 38.5 Å². The van der Waals surface area contributed by atoms with E-state index in [1.165, 1.54) is 23.2 Å². The number of rotatable bonds is 4. The molecule has 1 aliphatic rings. The standard InChI is InChI=1S/C15H20FN3O5/c1-14(2,3)24-13(20)18-7-6-15(16,9-18)10-23-11-4-5-12(17-8-11)19(21)22/h4-5,8H,6-7,9-10H2,1-3H3. The van der Waals surface area contributed by atoms with Crippen LogP contribution in [0.4, 0.5) is 15.0 Å². The maximum atomic E-state index is 14.7. The average molecular weight is 341 g/mol. The van der Waals surface area contributed by atoms with Crippen LogP contribution in [-0.2, 0) is 4.74 Å². The first-order valence-electron chi connectivity index (χ1n) is 7.48. The van der Waals surface area contributed by atoms with Crippen LogP contribution in [0.25, 0.3) is 0 Å². The number of nitrogens with zero attached hydrogens (tertiary/aromatic N) is 3. The van der Waals surface area contributed by atoms with Crippen molar-refractivity contribution in [3.8, 4) is 5.75 Å². The summed E-state index contributed by atoms with van der Waals surface area (Å²) in [6, 6.07) is 2.54. The highest BCUT2D eigenvalue weighted by atomic mass is 19.1. The molecule has 1 aromatic heterocycles. The van der Waals surface area contributed by atoms with Crippen LogP contribution < -0.4 is 4.74 Å². The molecule has 1 aromatic rings. The predicted molar refractivity (Wildman–Crippen MR) is 82.6 cm³/mol. The summed E-state index contributed by atoms with van der Waals surface area (Å²) in [7, 11) is 0. The van der Waals surface area contributed by atoms with Crippen LogP contribution in [0.1, 0.15) is 27.2 Å². The van der Waals surface area contributed by atoms with Crippen LogP contribution >= 0.6 is 0 Å². The SMILES string of the molecule is CC(C)(C)OC(=O)N1CCC(F)(COc2ccc([N+](=O)[O-])nc2)C1. The fourth-order valence-electron chi connectivity index (χ4n) is 2.21. The summed E-state index contributed by atoms with van der Waals surface area (Å²) >= 11 is 0. The first-order valence-corrected chi connectivity index (χ1v) is 7.48. The lowest BCUT2D eigenvalue weighted by atomic mass is 10.1. The number of carbonyl (C=O) groups excluding carboxylic acids is 1. The van der Waals surface area contributed by atoms with E-state index in [9.17, 15) is 19.3 Å². The van der Waals surface area contributed by atoms with Crippen molar-refractivity contribution in [3.63, 3.8) is 0 Å². The number of amides is 1. The Morgan fingerprint density at radius 2 is 2.21 bits per heavy atom. The smallest absolute Gasteiger partial charge is 0.410 e. The lowest BCUT2D eigenvalue weighted by Crippen LogP contribution is -2.39. The van der Waals surface area contributed by atoms with Gasteiger partial charge in [0.2, 0.25) is 0 Å². The van der Waals surface area contributed by atoms with E-state index in [2.05, 4.69) is 4.98 Å². The maximum Gasteiger partial charge on any atom is 0.410 e. The number of nitro groups is 1. The molecule has 0 aliphatic carbocycles. The van der Waals surface area contributed by atoms with Crippen LogP contribution in [0.2, 0.25) is 0 Å². The first-order chi connectivity index (χ1) is 11.1. The van der Waals surface area contributed by atoms with E-state index in [1.807, 2.05) is 0 Å². The van der Waals surface area contributed by atoms with E-state index in [0.29, 0.717) is 0 Å². The summed E-state index contributed by atoms with van der Waals surface area (Å²) in [4.78, 5) is 26.7. The summed E-state index contributed by atoms with van der Waals surface area (Å²) in [6.45, 7) is 5.08. The van der Waals surface area contributed by atoms with Crippen LogP contribution in [0.5, 0.6) is 5.75 Å². The van der Waals surface area contributed by atoms with E-state index in [4.69, 9.17) is 9.47 Å². The zero-order valence-electron chi connectivity index (χ0n) is 13.8. The molecule has 1 amide bonds. The largest absolute Gasteiger partial charge is 0.486 e. The molecule has 0 saturated carbocycles. The van der Waals surface area contributed by atoms with Crippen molar-refractivity contribution in [1.82, 2.24) is 9.88 Å². The first kappa shape index (κ1) is 17.9. The van der Waals surface area contributed by atoms with Crippen LogP contribution in [0.3, 0.4) is 0 Å². The van der Waals surface area contributed by atoms with Gasteiger partial charge in [-0.3, -0.25) is 0 Å². The van der Waals surface area contributed by atoms with Crippen molar-refractivity contribution in [2.75, 3.05) is 19.7 Å². The fraction of sp³-hybridized carbons (Fsp3) is 0.600. The molecule has 2 heterocycles. The monoisotopic (exact) mass is 341 g/mol. The molecule has 1 unspecified atom stereocenters. The number of hydrogen-bond donors (Lipinski definition) is 0. The van der Waals surface area contributed by atoms with Crippen molar-refractivity contribution in [2.24, 2.45) is 0 Å². The predicted octanol–water partition coefficient (Wildman–Crippen LogP) is 2.72. The molecule has 1 saturated heterocycles. The molecule has 1 fully saturated rings. The zero-order chi connectivity index (χ0) is 18.0. The van der Waals surface area contributed by atoms with Gasteiger partial charge in [0.1, 0.15) is 12.2 Å². The minimum Gasteiger partial charge on any atom is -0.486 e. The molecule has 0 N–H and O–H groups in total. The Morgan fingerprint density at radius 1 is 1.50 bits per heavy atom. The second-order valence-corrected chi connectivity index (χ2v) is 6.70. The summed E-state index contributed by atoms with van der Waals surface area (Å²) < 4.78 is 25.3. The normalized spacial score (nSPS) is 20.8. The molecule has 1 atom stereocenters. The van der Waals surface area contributed by atoms with Gasteiger partial charge in [-0.2, -0.15) is 0 Å². The highest BCUT2D eigenvalue weighted by Crippen LogP contribution is 2.28. The molecule has 9 heteroatoms. The Kier molecular flexibility index (Phi) is 4.91. The van der Waals surface area contributed by atoms with Gasteiger partial charge in [0.25, 0.3) is 0 Å². The summed E-state index contributed by atoms with van der Waals surface area (Å²) in [5.74, 6) is -0.0809. The molecule has 0 aromatic carbocycles. The van der Waals surface area contributed by atoms with Crippen LogP contribution in [0, 0.1) is 10.1 Å². The number of likely N-dealkylation sites (tertiary alicyclic amines) is 1. The molecule has 132 valence electrons. The molecule has 1 aliphatic heterocycles. The van der Waals surface area contributed by atoms with Gasteiger partial charge in [0.15, 0.2) is 17.6 Å². The summed E-state index contributed by atoms with van der Waals surface area (Å²) in [6.07, 6.45) is 0.744. The Hall–Kier alpha value is -2.45. The average Bonchev–Trinajstić information content (AvgIpc) is 2.87. The van der Waals surface area contributed by atoms with Gasteiger partial charge in [-0.25, -0.2) is 9.18 Å². The molecule has 0 bridgehead atoms. The van der Waals surface area contributed by atoms with Gasteiger partial charge in [-0.1, -0.05) is 0 Å². The van der Waals surface area contributed by atoms with E-state index in [-0.39, 0.29) is 37.7 Å². The summed E-state index contributed by atoms with van der Waals surface area (Å²) in [5.41, 5.74) is -2.34. The Balaban J connectivity index is 1.89. The number of carbonyl (C=O) groups is 1. The van der Waals surface area contributed by atoms with Gasteiger partial charge in [-0.15, -0.1) is 0 Å². The molecule has 8 nitrogen and oxygen atoms in total. The van der Waals surface area contributed by atoms with E-state index >= 15 is 0 Å². The number of ether oxygens (including phenoxy) is 2. The third-order valence-electron chi connectivity index (χ3n) is 3.36. The van der Waals surface area contributed by atoms with Gasteiger partial charge < -0.3 is 24.5 Å². The third-order valence-corrected chi connectivity index (χ3v) is 3.36. The third kappa shape index (κ3) is 4.77. The Labute approximate surface area is 138 Å². The minimum atomic E-state index is -1.70. The van der Waals surface area contributed by atoms with E-state index in [0.717, 1.165) is 0 Å². The number of aromatic nitrogens is 1. The van der Waals surface area contributed by atoms with Crippen molar-refractivity contribution in [3.05, 3.63) is 28.4 Å². The van der Waals surface area contributed by atoms with Gasteiger partial charge >= 0.3 is 11.9 Å². The second kappa shape index (κ2) is 6.58. The number of alkyl halides is 1. The zero-order valence-corrected chi connectivity index (χ0v) is 13.8. The highest BCUT2D eigenvalue weighted by molar-refractivity contribution is 5.68. The molecule has 0 spiro atoms. The van der Waals surface area contributed by atoms with Crippen LogP contribution in [0.15, 0.2) is 18.3 Å². The van der Waals surface area contributed by atoms with Crippen LogP contribution in [-0.4, -0.2) is 51.9 Å². The van der Waals surface area contributed by atoms with E-state index < -0.39 is 22.3 Å². The Morgan fingerprint density at radius 3 is 2.75 bits per heavy atom. The highest BCUT2D eigenvalue weighted by Gasteiger charge is 2.42. The van der Waals surface area contributed by atoms with Gasteiger partial charge in [0.05, 0.1) is 6.54 Å². The topological polar surface area (TPSA) is 94.8 Å². The number of hydrogen-bond acceptors (Lipinski definition) is 6. The molecular formula is C15H20FN3O5. The fourth-order valence-corrected chi connectivity index (χ4v) is 2.21. The van der Waals surface area contributed by atoms with Gasteiger partial charge in [-0.05, 0) is 36.7 Å². The number of pyridine rings is 1. The second-order valence-electron chi connectivity index (χ2n) is 6.70. The maximum absolute atomic E-state index is 14.7. The molecule has 0 radical (unpaired) electrons. The lowest BCUT2D eigenvalue weighted by molar-refractivity contribution is -0.389. The summed E-state index contributed by atoms with van der Waals surface area (Å²) in [5, 5.41) is 10.5. The van der Waals surface area contributed by atoms with Gasteiger partial charge in [0, 0.05) is 19.0 Å². The van der Waals surface area contributed by atoms with E-state index in [1.54, 1.807) is 20.8 Å². The lowest BCUT2D eigenvalue weighted by Gasteiger charge is -2.25. The molecular weight excluding hydrogens is 321 g/mol. The molecule has 24 heavy (non-hydrogen) atoms. The number of halogens is 1. The Bertz CT molecular complexity index is 617. The minimum absolute atomic E-state index is 0.123. The molecule has 2 rings (SSSR count). The van der Waals surface area contributed by atoms with Crippen molar-refractivity contribution in [1.29, 1.82) is 0 Å². The van der Waals surface area contributed by atoms with Crippen molar-refractivity contribution < 1.29 is 23.6 Å². The quantitative estimate of drug-likeness (QED) is 0.617.